The quantitative estimate of drug-likeness (QED) is 0.293. The molecular weight excluding hydrogens is 248 g/mol. The van der Waals surface area contributed by atoms with E-state index in [1.807, 2.05) is 0 Å². The third-order valence-electron chi connectivity index (χ3n) is 1.95. The van der Waals surface area contributed by atoms with Gasteiger partial charge in [0.2, 0.25) is 0 Å². The molecule has 0 spiro atoms. The topological polar surface area (TPSA) is 95.5 Å². The number of esters is 1. The highest BCUT2D eigenvalue weighted by molar-refractivity contribution is 6.31. The lowest BCUT2D eigenvalue weighted by molar-refractivity contribution is -0.383. The van der Waals surface area contributed by atoms with Gasteiger partial charge in [0.05, 0.1) is 12.0 Å². The molecule has 0 heterocycles. The number of rotatable bonds is 3. The second kappa shape index (κ2) is 5.31. The first kappa shape index (κ1) is 13.0. The van der Waals surface area contributed by atoms with E-state index in [0.29, 0.717) is 0 Å². The fourth-order valence-electron chi connectivity index (χ4n) is 1.14. The molecule has 1 aromatic rings. The van der Waals surface area contributed by atoms with Crippen LogP contribution in [0.15, 0.2) is 18.2 Å². The van der Waals surface area contributed by atoms with Crippen LogP contribution in [-0.4, -0.2) is 18.0 Å². The molecule has 0 amide bonds. The number of nitrogen functional groups attached to an aromatic ring is 1. The standard InChI is InChI=1S/C10H9ClN2O4/c1-17-9(14)3-2-6-4-7(11)5-8(10(6)12)13(15)16/h2-5H,12H2,1H3. The molecule has 7 heteroatoms. The summed E-state index contributed by atoms with van der Waals surface area (Å²) in [7, 11) is 1.22. The van der Waals surface area contributed by atoms with E-state index in [4.69, 9.17) is 17.3 Å². The molecule has 0 fully saturated rings. The molecule has 2 N–H and O–H groups in total. The lowest BCUT2D eigenvalue weighted by atomic mass is 10.1. The van der Waals surface area contributed by atoms with Crippen LogP contribution in [0.3, 0.4) is 0 Å². The highest BCUT2D eigenvalue weighted by Crippen LogP contribution is 2.30. The van der Waals surface area contributed by atoms with Crippen LogP contribution in [0.2, 0.25) is 5.02 Å². The van der Waals surface area contributed by atoms with Crippen molar-refractivity contribution in [3.8, 4) is 0 Å². The van der Waals surface area contributed by atoms with Crippen LogP contribution in [0.4, 0.5) is 11.4 Å². The van der Waals surface area contributed by atoms with E-state index >= 15 is 0 Å². The molecule has 0 aliphatic heterocycles. The van der Waals surface area contributed by atoms with Crippen LogP contribution in [-0.2, 0) is 9.53 Å². The summed E-state index contributed by atoms with van der Waals surface area (Å²) in [6.07, 6.45) is 2.41. The van der Waals surface area contributed by atoms with E-state index in [9.17, 15) is 14.9 Å². The van der Waals surface area contributed by atoms with Gasteiger partial charge in [0.15, 0.2) is 0 Å². The molecule has 0 atom stereocenters. The van der Waals surface area contributed by atoms with Gasteiger partial charge in [0, 0.05) is 22.7 Å². The summed E-state index contributed by atoms with van der Waals surface area (Å²) < 4.78 is 4.39. The second-order valence-corrected chi connectivity index (χ2v) is 3.48. The Morgan fingerprint density at radius 3 is 2.76 bits per heavy atom. The monoisotopic (exact) mass is 256 g/mol. The number of hydrogen-bond acceptors (Lipinski definition) is 5. The number of nitro benzene ring substituents is 1. The third-order valence-corrected chi connectivity index (χ3v) is 2.17. The Balaban J connectivity index is 3.21. The van der Waals surface area contributed by atoms with Gasteiger partial charge >= 0.3 is 5.97 Å². The van der Waals surface area contributed by atoms with Gasteiger partial charge in [-0.1, -0.05) is 11.6 Å². The van der Waals surface area contributed by atoms with Crippen molar-refractivity contribution >= 4 is 35.0 Å². The van der Waals surface area contributed by atoms with Crippen molar-refractivity contribution in [1.82, 2.24) is 0 Å². The highest BCUT2D eigenvalue weighted by Gasteiger charge is 2.15. The number of benzene rings is 1. The van der Waals surface area contributed by atoms with Crippen molar-refractivity contribution < 1.29 is 14.5 Å². The summed E-state index contributed by atoms with van der Waals surface area (Å²) >= 11 is 5.71. The van der Waals surface area contributed by atoms with Crippen LogP contribution < -0.4 is 5.73 Å². The highest BCUT2D eigenvalue weighted by atomic mass is 35.5. The molecule has 6 nitrogen and oxygen atoms in total. The number of carbonyl (C=O) groups excluding carboxylic acids is 1. The Hall–Kier alpha value is -2.08. The predicted octanol–water partition coefficient (Wildman–Crippen LogP) is 2.02. The lowest BCUT2D eigenvalue weighted by Gasteiger charge is -2.02. The largest absolute Gasteiger partial charge is 0.466 e. The van der Waals surface area contributed by atoms with Gasteiger partial charge in [-0.3, -0.25) is 10.1 Å². The Labute approximate surface area is 102 Å². The summed E-state index contributed by atoms with van der Waals surface area (Å²) in [6, 6.07) is 2.57. The summed E-state index contributed by atoms with van der Waals surface area (Å²) in [5.41, 5.74) is 5.50. The van der Waals surface area contributed by atoms with Crippen molar-refractivity contribution in [2.45, 2.75) is 0 Å². The van der Waals surface area contributed by atoms with Crippen molar-refractivity contribution in [2.24, 2.45) is 0 Å². The maximum atomic E-state index is 10.9. The van der Waals surface area contributed by atoms with Gasteiger partial charge in [0.25, 0.3) is 5.69 Å². The normalized spacial score (nSPS) is 10.5. The maximum Gasteiger partial charge on any atom is 0.330 e. The fraction of sp³-hybridized carbons (Fsp3) is 0.100. The molecule has 90 valence electrons. The Morgan fingerprint density at radius 1 is 1.59 bits per heavy atom. The smallest absolute Gasteiger partial charge is 0.330 e. The molecule has 0 unspecified atom stereocenters. The van der Waals surface area contributed by atoms with E-state index in [-0.39, 0.29) is 22.0 Å². The first-order valence-electron chi connectivity index (χ1n) is 4.45. The fourth-order valence-corrected chi connectivity index (χ4v) is 1.36. The first-order valence-corrected chi connectivity index (χ1v) is 4.83. The van der Waals surface area contributed by atoms with Crippen LogP contribution in [0.5, 0.6) is 0 Å². The minimum atomic E-state index is -0.642. The summed E-state index contributed by atoms with van der Waals surface area (Å²) in [6.45, 7) is 0. The Bertz CT molecular complexity index is 499. The van der Waals surface area contributed by atoms with Gasteiger partial charge in [-0.25, -0.2) is 4.79 Å². The number of halogens is 1. The third kappa shape index (κ3) is 3.18. The zero-order chi connectivity index (χ0) is 13.0. The minimum absolute atomic E-state index is 0.0560. The summed E-state index contributed by atoms with van der Waals surface area (Å²) in [5, 5.41) is 10.8. The molecule has 17 heavy (non-hydrogen) atoms. The summed E-state index contributed by atoms with van der Waals surface area (Å²) in [5.74, 6) is -0.591. The molecular formula is C10H9ClN2O4. The number of nitrogens with two attached hydrogens (primary N) is 1. The molecule has 0 saturated carbocycles. The lowest BCUT2D eigenvalue weighted by Crippen LogP contribution is -1.99. The Kier molecular flexibility index (Phi) is 4.06. The SMILES string of the molecule is COC(=O)C=Cc1cc(Cl)cc([N+](=O)[O-])c1N. The van der Waals surface area contributed by atoms with Crippen LogP contribution in [0, 0.1) is 10.1 Å². The average Bonchev–Trinajstić information content (AvgIpc) is 2.28. The van der Waals surface area contributed by atoms with Crippen molar-refractivity contribution in [2.75, 3.05) is 12.8 Å². The van der Waals surface area contributed by atoms with E-state index in [1.165, 1.54) is 19.3 Å². The molecule has 0 radical (unpaired) electrons. The van der Waals surface area contributed by atoms with E-state index < -0.39 is 10.9 Å². The molecule has 1 aromatic carbocycles. The molecule has 0 aromatic heterocycles. The number of anilines is 1. The van der Waals surface area contributed by atoms with Gasteiger partial charge in [-0.2, -0.15) is 0 Å². The van der Waals surface area contributed by atoms with Crippen LogP contribution in [0.1, 0.15) is 5.56 Å². The van der Waals surface area contributed by atoms with Crippen LogP contribution >= 0.6 is 11.6 Å². The molecule has 1 rings (SSSR count). The van der Waals surface area contributed by atoms with E-state index in [1.54, 1.807) is 0 Å². The number of hydrogen-bond donors (Lipinski definition) is 1. The average molecular weight is 257 g/mol. The number of methoxy groups -OCH3 is 1. The predicted molar refractivity (Wildman–Crippen MR) is 63.6 cm³/mol. The zero-order valence-corrected chi connectivity index (χ0v) is 9.60. The van der Waals surface area contributed by atoms with Crippen LogP contribution in [0.25, 0.3) is 6.08 Å². The minimum Gasteiger partial charge on any atom is -0.466 e. The zero-order valence-electron chi connectivity index (χ0n) is 8.84. The molecule has 0 aliphatic rings. The Morgan fingerprint density at radius 2 is 2.24 bits per heavy atom. The second-order valence-electron chi connectivity index (χ2n) is 3.04. The van der Waals surface area contributed by atoms with Gasteiger partial charge in [-0.05, 0) is 12.1 Å². The summed E-state index contributed by atoms with van der Waals surface area (Å²) in [4.78, 5) is 20.9. The first-order chi connectivity index (χ1) is 7.95. The molecule has 0 saturated heterocycles. The number of ether oxygens (including phenoxy) is 1. The molecule has 0 bridgehead atoms. The van der Waals surface area contributed by atoms with Gasteiger partial charge < -0.3 is 10.5 Å². The van der Waals surface area contributed by atoms with Crippen molar-refractivity contribution in [1.29, 1.82) is 0 Å². The van der Waals surface area contributed by atoms with Gasteiger partial charge in [-0.15, -0.1) is 0 Å². The van der Waals surface area contributed by atoms with Crippen molar-refractivity contribution in [3.63, 3.8) is 0 Å². The molecule has 0 aliphatic carbocycles. The maximum absolute atomic E-state index is 10.9. The number of nitrogens with zero attached hydrogens (tertiary/aromatic N) is 1. The number of carbonyl (C=O) groups is 1. The van der Waals surface area contributed by atoms with Crippen molar-refractivity contribution in [3.05, 3.63) is 38.9 Å². The number of nitro groups is 1. The van der Waals surface area contributed by atoms with Gasteiger partial charge in [0.1, 0.15) is 5.69 Å². The van der Waals surface area contributed by atoms with E-state index in [2.05, 4.69) is 4.74 Å². The van der Waals surface area contributed by atoms with E-state index in [0.717, 1.165) is 12.1 Å².